The lowest BCUT2D eigenvalue weighted by atomic mass is 10.2. The largest absolute Gasteiger partial charge is 0.352 e. The van der Waals surface area contributed by atoms with Crippen LogP contribution < -0.4 is 5.32 Å². The molecule has 0 radical (unpaired) electrons. The molecule has 1 aromatic carbocycles. The molecule has 146 valence electrons. The van der Waals surface area contributed by atoms with E-state index in [2.05, 4.69) is 20.2 Å². The predicted octanol–water partition coefficient (Wildman–Crippen LogP) is 1.45. The molecule has 0 spiro atoms. The van der Waals surface area contributed by atoms with Crippen molar-refractivity contribution in [3.63, 3.8) is 0 Å². The van der Waals surface area contributed by atoms with Crippen molar-refractivity contribution in [3.8, 4) is 0 Å². The molecular formula is C21H25N5O2. The topological polar surface area (TPSA) is 78.4 Å². The molecule has 1 aliphatic heterocycles. The van der Waals surface area contributed by atoms with E-state index in [-0.39, 0.29) is 17.9 Å². The number of benzene rings is 1. The van der Waals surface area contributed by atoms with Crippen molar-refractivity contribution < 1.29 is 9.59 Å². The molecule has 2 aliphatic rings. The van der Waals surface area contributed by atoms with Crippen LogP contribution in [-0.4, -0.2) is 69.8 Å². The van der Waals surface area contributed by atoms with Crippen LogP contribution in [0, 0.1) is 0 Å². The van der Waals surface area contributed by atoms with Crippen molar-refractivity contribution in [1.29, 1.82) is 0 Å². The van der Waals surface area contributed by atoms with Gasteiger partial charge in [-0.05, 0) is 38.0 Å². The summed E-state index contributed by atoms with van der Waals surface area (Å²) in [5.74, 6) is 0.0572. The molecule has 1 aliphatic carbocycles. The van der Waals surface area contributed by atoms with E-state index in [9.17, 15) is 9.59 Å². The second-order valence-electron chi connectivity index (χ2n) is 7.44. The summed E-state index contributed by atoms with van der Waals surface area (Å²) in [4.78, 5) is 37.5. The molecule has 1 aromatic heterocycles. The zero-order valence-electron chi connectivity index (χ0n) is 16.0. The van der Waals surface area contributed by atoms with Crippen LogP contribution in [0.3, 0.4) is 0 Å². The van der Waals surface area contributed by atoms with Crippen molar-refractivity contribution in [2.45, 2.75) is 31.8 Å². The third kappa shape index (κ3) is 4.36. The van der Waals surface area contributed by atoms with Crippen LogP contribution in [0.1, 0.15) is 25.5 Å². The average molecular weight is 379 g/mol. The summed E-state index contributed by atoms with van der Waals surface area (Å²) in [7, 11) is 0. The maximum absolute atomic E-state index is 12.5. The average Bonchev–Trinajstić information content (AvgIpc) is 3.55. The number of carbonyl (C=O) groups excluding carboxylic acids is 2. The van der Waals surface area contributed by atoms with E-state index in [0.717, 1.165) is 23.9 Å². The van der Waals surface area contributed by atoms with Crippen molar-refractivity contribution in [3.05, 3.63) is 42.2 Å². The van der Waals surface area contributed by atoms with Crippen LogP contribution in [0.15, 0.2) is 36.5 Å². The summed E-state index contributed by atoms with van der Waals surface area (Å²) >= 11 is 0. The first kappa shape index (κ1) is 18.6. The molecule has 1 atom stereocenters. The lowest BCUT2D eigenvalue weighted by molar-refractivity contribution is -0.130. The Morgan fingerprint density at radius 3 is 2.57 bits per heavy atom. The summed E-state index contributed by atoms with van der Waals surface area (Å²) in [5.41, 5.74) is 2.31. The van der Waals surface area contributed by atoms with E-state index < -0.39 is 0 Å². The highest BCUT2D eigenvalue weighted by Crippen LogP contribution is 2.19. The van der Waals surface area contributed by atoms with Crippen LogP contribution in [0.25, 0.3) is 17.1 Å². The molecule has 1 N–H and O–H groups in total. The van der Waals surface area contributed by atoms with Gasteiger partial charge in [0.1, 0.15) is 0 Å². The van der Waals surface area contributed by atoms with Gasteiger partial charge in [-0.25, -0.2) is 4.98 Å². The Kier molecular flexibility index (Phi) is 5.34. The number of fused-ring (bicyclic) bond motifs is 1. The van der Waals surface area contributed by atoms with Gasteiger partial charge in [-0.3, -0.25) is 19.5 Å². The lowest BCUT2D eigenvalue weighted by Crippen LogP contribution is -2.55. The number of carbonyl (C=O) groups is 2. The van der Waals surface area contributed by atoms with Gasteiger partial charge in [-0.2, -0.15) is 0 Å². The van der Waals surface area contributed by atoms with E-state index in [0.29, 0.717) is 37.9 Å². The summed E-state index contributed by atoms with van der Waals surface area (Å²) in [6.07, 6.45) is 7.12. The summed E-state index contributed by atoms with van der Waals surface area (Å²) in [6, 6.07) is 7.88. The molecule has 28 heavy (non-hydrogen) atoms. The molecule has 0 bridgehead atoms. The summed E-state index contributed by atoms with van der Waals surface area (Å²) in [6.45, 7) is 4.58. The first-order valence-corrected chi connectivity index (χ1v) is 9.83. The zero-order chi connectivity index (χ0) is 19.5. The van der Waals surface area contributed by atoms with Crippen LogP contribution in [0.5, 0.6) is 0 Å². The Hall–Kier alpha value is -2.80. The minimum absolute atomic E-state index is 0.0373. The Bertz CT molecular complexity index is 901. The number of hydrogen-bond donors (Lipinski definition) is 1. The Morgan fingerprint density at radius 1 is 1.14 bits per heavy atom. The standard InChI is InChI=1S/C21H25N5O2/c1-15(21(28)24-16-6-7-16)25-10-12-26(13-11-25)20(27)9-8-17-14-22-18-4-2-3-5-19(18)23-17/h2-5,8-9,14-16H,6-7,10-13H2,1H3,(H,24,28)/b9-8+. The second-order valence-corrected chi connectivity index (χ2v) is 7.44. The lowest BCUT2D eigenvalue weighted by Gasteiger charge is -2.37. The van der Waals surface area contributed by atoms with E-state index in [4.69, 9.17) is 0 Å². The molecule has 7 nitrogen and oxygen atoms in total. The van der Waals surface area contributed by atoms with Gasteiger partial charge in [0.05, 0.1) is 29.0 Å². The SMILES string of the molecule is CC(C(=O)NC1CC1)N1CCN(C(=O)/C=C/c2cnc3ccccc3n2)CC1. The van der Waals surface area contributed by atoms with E-state index in [1.165, 1.54) is 0 Å². The van der Waals surface area contributed by atoms with Gasteiger partial charge in [-0.1, -0.05) is 12.1 Å². The molecule has 2 heterocycles. The van der Waals surface area contributed by atoms with Crippen molar-refractivity contribution in [2.24, 2.45) is 0 Å². The van der Waals surface area contributed by atoms with Crippen LogP contribution in [0.2, 0.25) is 0 Å². The second kappa shape index (κ2) is 8.06. The first-order valence-electron chi connectivity index (χ1n) is 9.83. The molecule has 1 unspecified atom stereocenters. The van der Waals surface area contributed by atoms with Crippen molar-refractivity contribution in [2.75, 3.05) is 26.2 Å². The molecule has 2 amide bonds. The van der Waals surface area contributed by atoms with E-state index in [1.54, 1.807) is 18.3 Å². The predicted molar refractivity (Wildman–Crippen MR) is 107 cm³/mol. The number of nitrogens with one attached hydrogen (secondary N) is 1. The molecule has 4 rings (SSSR count). The summed E-state index contributed by atoms with van der Waals surface area (Å²) in [5, 5.41) is 3.05. The number of aromatic nitrogens is 2. The van der Waals surface area contributed by atoms with Gasteiger partial charge >= 0.3 is 0 Å². The van der Waals surface area contributed by atoms with Gasteiger partial charge in [0.15, 0.2) is 0 Å². The number of piperazine rings is 1. The van der Waals surface area contributed by atoms with E-state index >= 15 is 0 Å². The van der Waals surface area contributed by atoms with Crippen LogP contribution >= 0.6 is 0 Å². The van der Waals surface area contributed by atoms with Crippen LogP contribution in [-0.2, 0) is 9.59 Å². The van der Waals surface area contributed by atoms with Crippen LogP contribution in [0.4, 0.5) is 0 Å². The highest BCUT2D eigenvalue weighted by Gasteiger charge is 2.30. The van der Waals surface area contributed by atoms with Gasteiger partial charge in [0.25, 0.3) is 0 Å². The molecule has 7 heteroatoms. The Balaban J connectivity index is 1.30. The summed E-state index contributed by atoms with van der Waals surface area (Å²) < 4.78 is 0. The minimum Gasteiger partial charge on any atom is -0.352 e. The fourth-order valence-corrected chi connectivity index (χ4v) is 3.36. The monoisotopic (exact) mass is 379 g/mol. The quantitative estimate of drug-likeness (QED) is 0.796. The van der Waals surface area contributed by atoms with Gasteiger partial charge in [-0.15, -0.1) is 0 Å². The van der Waals surface area contributed by atoms with Gasteiger partial charge in [0, 0.05) is 38.3 Å². The molecular weight excluding hydrogens is 354 g/mol. The third-order valence-electron chi connectivity index (χ3n) is 5.34. The number of rotatable bonds is 5. The highest BCUT2D eigenvalue weighted by atomic mass is 16.2. The fourth-order valence-electron chi connectivity index (χ4n) is 3.36. The number of nitrogens with zero attached hydrogens (tertiary/aromatic N) is 4. The fraction of sp³-hybridized carbons (Fsp3) is 0.429. The van der Waals surface area contributed by atoms with Crippen molar-refractivity contribution in [1.82, 2.24) is 25.1 Å². The van der Waals surface area contributed by atoms with Gasteiger partial charge < -0.3 is 10.2 Å². The number of amides is 2. The smallest absolute Gasteiger partial charge is 0.246 e. The molecule has 1 saturated carbocycles. The highest BCUT2D eigenvalue weighted by molar-refractivity contribution is 5.92. The molecule has 1 saturated heterocycles. The third-order valence-corrected chi connectivity index (χ3v) is 5.34. The molecule has 2 aromatic rings. The maximum atomic E-state index is 12.5. The first-order chi connectivity index (χ1) is 13.6. The van der Waals surface area contributed by atoms with Gasteiger partial charge in [0.2, 0.25) is 11.8 Å². The zero-order valence-corrected chi connectivity index (χ0v) is 16.0. The minimum atomic E-state index is -0.152. The van der Waals surface area contributed by atoms with Crippen molar-refractivity contribution >= 4 is 28.9 Å². The molecule has 2 fully saturated rings. The number of hydrogen-bond acceptors (Lipinski definition) is 5. The van der Waals surface area contributed by atoms with E-state index in [1.807, 2.05) is 36.1 Å². The Morgan fingerprint density at radius 2 is 1.86 bits per heavy atom. The Labute approximate surface area is 164 Å². The normalized spacial score (nSPS) is 19.1. The number of para-hydroxylation sites is 2. The maximum Gasteiger partial charge on any atom is 0.246 e.